The van der Waals surface area contributed by atoms with Gasteiger partial charge in [-0.05, 0) is 25.8 Å². The fraction of sp³-hybridized carbons (Fsp3) is 1.00. The van der Waals surface area contributed by atoms with E-state index in [1.165, 1.54) is 19.3 Å². The Balaban J connectivity index is 1.98. The van der Waals surface area contributed by atoms with E-state index in [4.69, 9.17) is 0 Å². The van der Waals surface area contributed by atoms with Crippen LogP contribution in [0, 0.1) is 0 Å². The summed E-state index contributed by atoms with van der Waals surface area (Å²) in [6, 6.07) is 0.623. The predicted molar refractivity (Wildman–Crippen MR) is 54.8 cm³/mol. The van der Waals surface area contributed by atoms with Gasteiger partial charge >= 0.3 is 0 Å². The molecule has 78 valence electrons. The van der Waals surface area contributed by atoms with Gasteiger partial charge in [0.1, 0.15) is 0 Å². The molecule has 1 fully saturated rings. The molecule has 3 heteroatoms. The van der Waals surface area contributed by atoms with Crippen molar-refractivity contribution >= 4 is 0 Å². The summed E-state index contributed by atoms with van der Waals surface area (Å²) in [6.07, 6.45) is 4.59. The third-order valence-electron chi connectivity index (χ3n) is 2.65. The van der Waals surface area contributed by atoms with E-state index < -0.39 is 0 Å². The Bertz CT molecular complexity index is 124. The lowest BCUT2D eigenvalue weighted by molar-refractivity contribution is 0.165. The summed E-state index contributed by atoms with van der Waals surface area (Å²) in [5, 5.41) is 16.1. The Morgan fingerprint density at radius 1 is 1.54 bits per heavy atom. The number of nitrogens with one attached hydrogen (secondary N) is 2. The molecule has 0 spiro atoms. The van der Waals surface area contributed by atoms with E-state index in [9.17, 15) is 5.11 Å². The lowest BCUT2D eigenvalue weighted by Crippen LogP contribution is -2.43. The maximum Gasteiger partial charge on any atom is 0.0662 e. The van der Waals surface area contributed by atoms with Gasteiger partial charge in [-0.3, -0.25) is 0 Å². The highest BCUT2D eigenvalue weighted by molar-refractivity contribution is 4.74. The first kappa shape index (κ1) is 11.0. The lowest BCUT2D eigenvalue weighted by atomic mass is 10.1. The number of piperidine rings is 1. The minimum atomic E-state index is -0.177. The molecular formula is C10H22N2O. The molecule has 1 heterocycles. The van der Waals surface area contributed by atoms with Gasteiger partial charge in [0.25, 0.3) is 0 Å². The van der Waals surface area contributed by atoms with Crippen LogP contribution in [0.2, 0.25) is 0 Å². The van der Waals surface area contributed by atoms with Crippen molar-refractivity contribution in [1.82, 2.24) is 10.6 Å². The van der Waals surface area contributed by atoms with E-state index in [0.717, 1.165) is 26.1 Å². The van der Waals surface area contributed by atoms with Crippen LogP contribution in [0.25, 0.3) is 0 Å². The molecule has 0 bridgehead atoms. The molecule has 1 aliphatic rings. The van der Waals surface area contributed by atoms with E-state index in [0.29, 0.717) is 6.04 Å². The molecule has 0 aliphatic carbocycles. The Kier molecular flexibility index (Phi) is 5.35. The molecule has 1 rings (SSSR count). The van der Waals surface area contributed by atoms with Crippen LogP contribution in [0.1, 0.15) is 32.6 Å². The summed E-state index contributed by atoms with van der Waals surface area (Å²) in [7, 11) is 0. The summed E-state index contributed by atoms with van der Waals surface area (Å²) in [5.74, 6) is 0. The number of hydrogen-bond acceptors (Lipinski definition) is 3. The second-order valence-electron chi connectivity index (χ2n) is 3.87. The second-order valence-corrected chi connectivity index (χ2v) is 3.87. The smallest absolute Gasteiger partial charge is 0.0662 e. The zero-order valence-corrected chi connectivity index (χ0v) is 8.55. The molecule has 3 nitrogen and oxygen atoms in total. The van der Waals surface area contributed by atoms with Crippen molar-refractivity contribution in [1.29, 1.82) is 0 Å². The Morgan fingerprint density at radius 3 is 3.00 bits per heavy atom. The normalized spacial score (nSPS) is 25.8. The Labute approximate surface area is 80.9 Å². The van der Waals surface area contributed by atoms with Crippen molar-refractivity contribution in [3.05, 3.63) is 0 Å². The fourth-order valence-electron chi connectivity index (χ4n) is 1.67. The zero-order chi connectivity index (χ0) is 9.52. The Hall–Kier alpha value is -0.120. The summed E-state index contributed by atoms with van der Waals surface area (Å²) >= 11 is 0. The van der Waals surface area contributed by atoms with Gasteiger partial charge in [0, 0.05) is 19.1 Å². The van der Waals surface area contributed by atoms with Crippen LogP contribution in [0.4, 0.5) is 0 Å². The van der Waals surface area contributed by atoms with E-state index in [-0.39, 0.29) is 6.10 Å². The molecule has 0 aromatic rings. The first-order chi connectivity index (χ1) is 6.33. The molecule has 3 N–H and O–H groups in total. The Morgan fingerprint density at radius 2 is 2.38 bits per heavy atom. The van der Waals surface area contributed by atoms with Gasteiger partial charge < -0.3 is 15.7 Å². The number of aliphatic hydroxyl groups is 1. The van der Waals surface area contributed by atoms with Crippen molar-refractivity contribution in [3.63, 3.8) is 0 Å². The average Bonchev–Trinajstić information content (AvgIpc) is 2.19. The molecule has 2 unspecified atom stereocenters. The van der Waals surface area contributed by atoms with Gasteiger partial charge in [-0.25, -0.2) is 0 Å². The molecule has 0 saturated carbocycles. The van der Waals surface area contributed by atoms with Crippen molar-refractivity contribution in [2.24, 2.45) is 0 Å². The molecule has 0 amide bonds. The molecule has 0 aromatic heterocycles. The van der Waals surface area contributed by atoms with E-state index in [1.54, 1.807) is 0 Å². The van der Waals surface area contributed by atoms with E-state index in [1.807, 2.05) is 6.92 Å². The van der Waals surface area contributed by atoms with Crippen LogP contribution in [0.5, 0.6) is 0 Å². The average molecular weight is 186 g/mol. The maximum atomic E-state index is 9.30. The molecule has 1 saturated heterocycles. The highest BCUT2D eigenvalue weighted by Gasteiger charge is 2.11. The minimum Gasteiger partial charge on any atom is -0.392 e. The van der Waals surface area contributed by atoms with E-state index >= 15 is 0 Å². The van der Waals surface area contributed by atoms with E-state index in [2.05, 4.69) is 10.6 Å². The summed E-state index contributed by atoms with van der Waals surface area (Å²) in [5.41, 5.74) is 0. The van der Waals surface area contributed by atoms with Crippen molar-refractivity contribution in [3.8, 4) is 0 Å². The van der Waals surface area contributed by atoms with Crippen molar-refractivity contribution in [2.75, 3.05) is 19.6 Å². The van der Waals surface area contributed by atoms with Gasteiger partial charge in [0.2, 0.25) is 0 Å². The first-order valence-electron chi connectivity index (χ1n) is 5.45. The summed E-state index contributed by atoms with van der Waals surface area (Å²) < 4.78 is 0. The number of rotatable bonds is 5. The maximum absolute atomic E-state index is 9.30. The standard InChI is InChI=1S/C10H22N2O/c1-2-10(13)8-11-7-9-5-3-4-6-12-9/h9-13H,2-8H2,1H3. The zero-order valence-electron chi connectivity index (χ0n) is 8.55. The summed E-state index contributed by atoms with van der Waals surface area (Å²) in [4.78, 5) is 0. The van der Waals surface area contributed by atoms with Crippen LogP contribution >= 0.6 is 0 Å². The molecule has 2 atom stereocenters. The predicted octanol–water partition coefficient (Wildman–Crippen LogP) is 0.489. The highest BCUT2D eigenvalue weighted by Crippen LogP contribution is 2.05. The van der Waals surface area contributed by atoms with Crippen LogP contribution in [-0.2, 0) is 0 Å². The fourth-order valence-corrected chi connectivity index (χ4v) is 1.67. The second kappa shape index (κ2) is 6.35. The third-order valence-corrected chi connectivity index (χ3v) is 2.65. The van der Waals surface area contributed by atoms with Crippen molar-refractivity contribution in [2.45, 2.75) is 44.8 Å². The molecule has 1 aliphatic heterocycles. The van der Waals surface area contributed by atoms with Gasteiger partial charge in [-0.2, -0.15) is 0 Å². The van der Waals surface area contributed by atoms with Crippen molar-refractivity contribution < 1.29 is 5.11 Å². The monoisotopic (exact) mass is 186 g/mol. The quantitative estimate of drug-likeness (QED) is 0.585. The topological polar surface area (TPSA) is 44.3 Å². The molecule has 0 radical (unpaired) electrons. The van der Waals surface area contributed by atoms with Gasteiger partial charge in [-0.1, -0.05) is 13.3 Å². The summed E-state index contributed by atoms with van der Waals surface area (Å²) in [6.45, 7) is 4.89. The molecule has 13 heavy (non-hydrogen) atoms. The van der Waals surface area contributed by atoms with Gasteiger partial charge in [-0.15, -0.1) is 0 Å². The number of hydrogen-bond donors (Lipinski definition) is 3. The first-order valence-corrected chi connectivity index (χ1v) is 5.45. The van der Waals surface area contributed by atoms with Crippen LogP contribution in [0.3, 0.4) is 0 Å². The SMILES string of the molecule is CCC(O)CNCC1CCCCN1. The van der Waals surface area contributed by atoms with Gasteiger partial charge in [0.15, 0.2) is 0 Å². The van der Waals surface area contributed by atoms with Crippen LogP contribution in [-0.4, -0.2) is 36.9 Å². The lowest BCUT2D eigenvalue weighted by Gasteiger charge is -2.24. The minimum absolute atomic E-state index is 0.177. The third kappa shape index (κ3) is 4.60. The highest BCUT2D eigenvalue weighted by atomic mass is 16.3. The molecule has 0 aromatic carbocycles. The van der Waals surface area contributed by atoms with Gasteiger partial charge in [0.05, 0.1) is 6.10 Å². The number of aliphatic hydroxyl groups excluding tert-OH is 1. The molecular weight excluding hydrogens is 164 g/mol. The van der Waals surface area contributed by atoms with Crippen LogP contribution in [0.15, 0.2) is 0 Å². The van der Waals surface area contributed by atoms with Crippen LogP contribution < -0.4 is 10.6 Å². The largest absolute Gasteiger partial charge is 0.392 e.